The van der Waals surface area contributed by atoms with Crippen molar-refractivity contribution in [3.63, 3.8) is 0 Å². The average molecular weight is 215 g/mol. The number of thiol groups is 1. The van der Waals surface area contributed by atoms with Gasteiger partial charge in [0, 0.05) is 11.5 Å². The van der Waals surface area contributed by atoms with Crippen molar-refractivity contribution in [3.05, 3.63) is 35.4 Å². The number of hydrogen-bond donors (Lipinski definition) is 2. The predicted octanol–water partition coefficient (Wildman–Crippen LogP) is 3.25. The molecule has 0 unspecified atom stereocenters. The van der Waals surface area contributed by atoms with Crippen molar-refractivity contribution in [1.82, 2.24) is 0 Å². The Balaban J connectivity index is 0.000000671. The minimum Gasteiger partial charge on any atom is -0.278 e. The van der Waals surface area contributed by atoms with Crippen LogP contribution >= 0.6 is 24.6 Å². The van der Waals surface area contributed by atoms with Gasteiger partial charge < -0.3 is 0 Å². The molecule has 0 aliphatic rings. The lowest BCUT2D eigenvalue weighted by molar-refractivity contribution is 1.33. The Labute approximate surface area is 90.7 Å². The molecule has 1 rings (SSSR count). The van der Waals surface area contributed by atoms with Crippen LogP contribution in [0.5, 0.6) is 0 Å². The monoisotopic (exact) mass is 215 g/mol. The highest BCUT2D eigenvalue weighted by molar-refractivity contribution is 7.96. The van der Waals surface area contributed by atoms with Gasteiger partial charge in [-0.15, -0.1) is 0 Å². The van der Waals surface area contributed by atoms with Gasteiger partial charge in [0.2, 0.25) is 0 Å². The molecule has 0 amide bonds. The SMILES string of the molecule is CC.NSCc1cccc(CS)c1. The first-order chi connectivity index (χ1) is 6.36. The summed E-state index contributed by atoms with van der Waals surface area (Å²) in [6.07, 6.45) is 0. The second-order valence-electron chi connectivity index (χ2n) is 2.29. The van der Waals surface area contributed by atoms with Crippen LogP contribution in [0, 0.1) is 0 Å². The summed E-state index contributed by atoms with van der Waals surface area (Å²) >= 11 is 5.54. The van der Waals surface area contributed by atoms with E-state index in [9.17, 15) is 0 Å². The van der Waals surface area contributed by atoms with Crippen molar-refractivity contribution in [3.8, 4) is 0 Å². The predicted molar refractivity (Wildman–Crippen MR) is 66.0 cm³/mol. The summed E-state index contributed by atoms with van der Waals surface area (Å²) in [4.78, 5) is 0. The molecule has 0 radical (unpaired) electrons. The van der Waals surface area contributed by atoms with E-state index in [-0.39, 0.29) is 0 Å². The van der Waals surface area contributed by atoms with Gasteiger partial charge in [0.15, 0.2) is 0 Å². The van der Waals surface area contributed by atoms with Gasteiger partial charge in [0.05, 0.1) is 0 Å². The first-order valence-corrected chi connectivity index (χ1v) is 6.05. The molecule has 13 heavy (non-hydrogen) atoms. The molecule has 0 aliphatic heterocycles. The lowest BCUT2D eigenvalue weighted by Gasteiger charge is -1.99. The standard InChI is InChI=1S/C8H11NS2.C2H6/c9-11-6-8-3-1-2-7(4-8)5-10;1-2/h1-4,10H,5-6,9H2;1-2H3. The highest BCUT2D eigenvalue weighted by Gasteiger charge is 1.92. The summed E-state index contributed by atoms with van der Waals surface area (Å²) in [6, 6.07) is 8.31. The first kappa shape index (κ1) is 12.9. The zero-order valence-electron chi connectivity index (χ0n) is 8.16. The van der Waals surface area contributed by atoms with Gasteiger partial charge in [-0.1, -0.05) is 50.1 Å². The molecule has 0 aromatic heterocycles. The number of rotatable bonds is 3. The molecule has 3 heteroatoms. The van der Waals surface area contributed by atoms with Crippen LogP contribution in [0.25, 0.3) is 0 Å². The van der Waals surface area contributed by atoms with E-state index in [0.29, 0.717) is 0 Å². The molecular formula is C10H17NS2. The molecule has 0 fully saturated rings. The third-order valence-electron chi connectivity index (χ3n) is 1.42. The van der Waals surface area contributed by atoms with E-state index < -0.39 is 0 Å². The van der Waals surface area contributed by atoms with Gasteiger partial charge in [0.1, 0.15) is 0 Å². The maximum Gasteiger partial charge on any atom is 0.0328 e. The van der Waals surface area contributed by atoms with Gasteiger partial charge in [-0.05, 0) is 11.1 Å². The zero-order chi connectivity index (χ0) is 10.1. The molecule has 0 heterocycles. The summed E-state index contributed by atoms with van der Waals surface area (Å²) in [5.41, 5.74) is 2.52. The smallest absolute Gasteiger partial charge is 0.0328 e. The fourth-order valence-corrected chi connectivity index (χ4v) is 1.48. The van der Waals surface area contributed by atoms with Crippen LogP contribution < -0.4 is 5.14 Å². The van der Waals surface area contributed by atoms with E-state index in [2.05, 4.69) is 30.8 Å². The molecule has 74 valence electrons. The van der Waals surface area contributed by atoms with Crippen LogP contribution in [0.1, 0.15) is 25.0 Å². The molecule has 0 saturated heterocycles. The quantitative estimate of drug-likeness (QED) is 0.598. The summed E-state index contributed by atoms with van der Waals surface area (Å²) < 4.78 is 0. The summed E-state index contributed by atoms with van der Waals surface area (Å²) in [5, 5.41) is 5.35. The highest BCUT2D eigenvalue weighted by atomic mass is 32.2. The zero-order valence-corrected chi connectivity index (χ0v) is 9.87. The fraction of sp³-hybridized carbons (Fsp3) is 0.400. The maximum absolute atomic E-state index is 5.35. The van der Waals surface area contributed by atoms with Gasteiger partial charge in [-0.25, -0.2) is 0 Å². The second kappa shape index (κ2) is 8.48. The van der Waals surface area contributed by atoms with Crippen molar-refractivity contribution in [2.45, 2.75) is 25.4 Å². The van der Waals surface area contributed by atoms with Crippen LogP contribution in [0.15, 0.2) is 24.3 Å². The molecule has 2 N–H and O–H groups in total. The maximum atomic E-state index is 5.35. The third kappa shape index (κ3) is 5.24. The Kier molecular flexibility index (Phi) is 8.40. The Morgan fingerprint density at radius 3 is 2.46 bits per heavy atom. The molecule has 0 atom stereocenters. The minimum atomic E-state index is 0.795. The van der Waals surface area contributed by atoms with Crippen LogP contribution in [0.2, 0.25) is 0 Å². The Morgan fingerprint density at radius 1 is 1.31 bits per heavy atom. The van der Waals surface area contributed by atoms with E-state index >= 15 is 0 Å². The molecule has 1 nitrogen and oxygen atoms in total. The van der Waals surface area contributed by atoms with E-state index in [1.165, 1.54) is 23.1 Å². The lowest BCUT2D eigenvalue weighted by atomic mass is 10.2. The number of hydrogen-bond acceptors (Lipinski definition) is 3. The summed E-state index contributed by atoms with van der Waals surface area (Å²) in [6.45, 7) is 4.00. The molecule has 0 bridgehead atoms. The highest BCUT2D eigenvalue weighted by Crippen LogP contribution is 2.10. The molecule has 0 spiro atoms. The first-order valence-electron chi connectivity index (χ1n) is 4.37. The van der Waals surface area contributed by atoms with Gasteiger partial charge in [0.25, 0.3) is 0 Å². The summed E-state index contributed by atoms with van der Waals surface area (Å²) in [5.74, 6) is 1.67. The number of benzene rings is 1. The Bertz CT molecular complexity index is 226. The summed E-state index contributed by atoms with van der Waals surface area (Å²) in [7, 11) is 0. The lowest BCUT2D eigenvalue weighted by Crippen LogP contribution is -1.86. The van der Waals surface area contributed by atoms with E-state index in [4.69, 9.17) is 5.14 Å². The second-order valence-corrected chi connectivity index (χ2v) is 3.23. The molecular weight excluding hydrogens is 198 g/mol. The largest absolute Gasteiger partial charge is 0.278 e. The van der Waals surface area contributed by atoms with Crippen LogP contribution in [0.3, 0.4) is 0 Å². The van der Waals surface area contributed by atoms with Crippen LogP contribution in [-0.4, -0.2) is 0 Å². The number of nitrogens with two attached hydrogens (primary N) is 1. The van der Waals surface area contributed by atoms with E-state index in [1.807, 2.05) is 19.9 Å². The fourth-order valence-electron chi connectivity index (χ4n) is 0.914. The Hall–Kier alpha value is -0.120. The van der Waals surface area contributed by atoms with Crippen molar-refractivity contribution in [2.24, 2.45) is 5.14 Å². The topological polar surface area (TPSA) is 26.0 Å². The van der Waals surface area contributed by atoms with Gasteiger partial charge in [-0.2, -0.15) is 12.6 Å². The normalized spacial score (nSPS) is 8.92. The molecule has 1 aromatic carbocycles. The van der Waals surface area contributed by atoms with Crippen LogP contribution in [0.4, 0.5) is 0 Å². The van der Waals surface area contributed by atoms with Crippen molar-refractivity contribution < 1.29 is 0 Å². The van der Waals surface area contributed by atoms with E-state index in [0.717, 1.165) is 11.5 Å². The van der Waals surface area contributed by atoms with Crippen molar-refractivity contribution >= 4 is 24.6 Å². The molecule has 0 saturated carbocycles. The van der Waals surface area contributed by atoms with Crippen LogP contribution in [-0.2, 0) is 11.5 Å². The minimum absolute atomic E-state index is 0.795. The van der Waals surface area contributed by atoms with Gasteiger partial charge in [-0.3, -0.25) is 5.14 Å². The van der Waals surface area contributed by atoms with Gasteiger partial charge >= 0.3 is 0 Å². The van der Waals surface area contributed by atoms with E-state index in [1.54, 1.807) is 0 Å². The molecule has 0 aliphatic carbocycles. The third-order valence-corrected chi connectivity index (χ3v) is 2.29. The van der Waals surface area contributed by atoms with Crippen molar-refractivity contribution in [1.29, 1.82) is 0 Å². The Morgan fingerprint density at radius 2 is 1.92 bits per heavy atom. The van der Waals surface area contributed by atoms with Crippen molar-refractivity contribution in [2.75, 3.05) is 0 Å². The molecule has 1 aromatic rings. The average Bonchev–Trinajstić information content (AvgIpc) is 2.22.